The molecule has 0 saturated heterocycles. The topological polar surface area (TPSA) is 33.1 Å². The molecule has 112 valence electrons. The summed E-state index contributed by atoms with van der Waals surface area (Å²) in [5.41, 5.74) is -0.624. The molecule has 2 aromatic rings. The summed E-state index contributed by atoms with van der Waals surface area (Å²) in [5.74, 6) is -1.04. The van der Waals surface area contributed by atoms with E-state index in [1.165, 1.54) is 6.20 Å². The zero-order valence-corrected chi connectivity index (χ0v) is 12.1. The molecule has 0 amide bonds. The van der Waals surface area contributed by atoms with Gasteiger partial charge in [0, 0.05) is 23.3 Å². The van der Waals surface area contributed by atoms with E-state index in [1.54, 1.807) is 12.3 Å². The second-order valence-corrected chi connectivity index (χ2v) is 5.42. The highest BCUT2D eigenvalue weighted by atomic mass is 79.9. The van der Waals surface area contributed by atoms with Crippen LogP contribution < -0.4 is 0 Å². The van der Waals surface area contributed by atoms with Gasteiger partial charge in [-0.2, -0.15) is 13.2 Å². The molecule has 0 aliphatic heterocycles. The third-order valence-electron chi connectivity index (χ3n) is 2.82. The summed E-state index contributed by atoms with van der Waals surface area (Å²) in [7, 11) is 0. The molecule has 2 rings (SSSR count). The molecule has 1 aromatic heterocycles. The first-order valence-electron chi connectivity index (χ1n) is 5.91. The van der Waals surface area contributed by atoms with Crippen molar-refractivity contribution in [2.75, 3.05) is 0 Å². The Hall–Kier alpha value is -1.47. The minimum Gasteiger partial charge on any atom is -0.388 e. The molecule has 1 N–H and O–H groups in total. The molecule has 1 aromatic carbocycles. The normalized spacial score (nSPS) is 13.2. The van der Waals surface area contributed by atoms with Gasteiger partial charge in [0.1, 0.15) is 5.82 Å². The maximum atomic E-state index is 13.3. The van der Waals surface area contributed by atoms with Crippen LogP contribution in [0.25, 0.3) is 0 Å². The number of hydrogen-bond acceptors (Lipinski definition) is 2. The quantitative estimate of drug-likeness (QED) is 0.825. The van der Waals surface area contributed by atoms with Crippen molar-refractivity contribution in [1.29, 1.82) is 0 Å². The molecule has 0 saturated carbocycles. The van der Waals surface area contributed by atoms with Crippen LogP contribution in [0.4, 0.5) is 17.6 Å². The van der Waals surface area contributed by atoms with E-state index in [0.717, 1.165) is 12.1 Å². The predicted octanol–water partition coefficient (Wildman–Crippen LogP) is 4.28. The number of alkyl halides is 3. The van der Waals surface area contributed by atoms with Crippen LogP contribution >= 0.6 is 15.9 Å². The third-order valence-corrected chi connectivity index (χ3v) is 3.26. The van der Waals surface area contributed by atoms with E-state index in [0.29, 0.717) is 16.1 Å². The summed E-state index contributed by atoms with van der Waals surface area (Å²) in [4.78, 5) is 3.89. The van der Waals surface area contributed by atoms with Crippen molar-refractivity contribution in [2.24, 2.45) is 0 Å². The van der Waals surface area contributed by atoms with Gasteiger partial charge in [0.25, 0.3) is 0 Å². The van der Waals surface area contributed by atoms with Gasteiger partial charge in [-0.05, 0) is 51.3 Å². The van der Waals surface area contributed by atoms with Crippen LogP contribution in [0.1, 0.15) is 22.8 Å². The van der Waals surface area contributed by atoms with E-state index < -0.39 is 23.7 Å². The van der Waals surface area contributed by atoms with Crippen molar-refractivity contribution in [3.8, 4) is 0 Å². The molecule has 0 fully saturated rings. The number of benzene rings is 1. The Bertz CT molecular complexity index is 645. The molecule has 0 aliphatic rings. The van der Waals surface area contributed by atoms with Crippen molar-refractivity contribution in [2.45, 2.75) is 18.7 Å². The van der Waals surface area contributed by atoms with Crippen LogP contribution in [0.15, 0.2) is 41.1 Å². The van der Waals surface area contributed by atoms with Gasteiger partial charge in [0.15, 0.2) is 0 Å². The fourth-order valence-electron chi connectivity index (χ4n) is 1.88. The number of nitrogens with zero attached hydrogens (tertiary/aromatic N) is 1. The number of aliphatic hydroxyl groups excluding tert-OH is 1. The first-order valence-corrected chi connectivity index (χ1v) is 6.70. The lowest BCUT2D eigenvalue weighted by atomic mass is 10.0. The molecule has 1 unspecified atom stereocenters. The van der Waals surface area contributed by atoms with Gasteiger partial charge in [0.05, 0.1) is 11.7 Å². The number of halogens is 5. The number of rotatable bonds is 3. The Morgan fingerprint density at radius 2 is 1.86 bits per heavy atom. The van der Waals surface area contributed by atoms with Gasteiger partial charge in [-0.1, -0.05) is 0 Å². The summed E-state index contributed by atoms with van der Waals surface area (Å²) in [6, 6.07) is 3.72. The lowest BCUT2D eigenvalue weighted by Crippen LogP contribution is -2.09. The highest BCUT2D eigenvalue weighted by molar-refractivity contribution is 9.10. The summed E-state index contributed by atoms with van der Waals surface area (Å²) < 4.78 is 51.9. The monoisotopic (exact) mass is 363 g/mol. The second-order valence-electron chi connectivity index (χ2n) is 4.50. The third kappa shape index (κ3) is 4.25. The lowest BCUT2D eigenvalue weighted by molar-refractivity contribution is -0.137. The van der Waals surface area contributed by atoms with Crippen molar-refractivity contribution in [3.63, 3.8) is 0 Å². The zero-order chi connectivity index (χ0) is 15.6. The molecule has 0 spiro atoms. The highest BCUT2D eigenvalue weighted by Crippen LogP contribution is 2.32. The van der Waals surface area contributed by atoms with Crippen LogP contribution in [0.2, 0.25) is 0 Å². The van der Waals surface area contributed by atoms with Crippen molar-refractivity contribution in [1.82, 2.24) is 4.98 Å². The number of pyridine rings is 1. The minimum absolute atomic E-state index is 0.0349. The molecule has 2 nitrogen and oxygen atoms in total. The molecule has 21 heavy (non-hydrogen) atoms. The fraction of sp³-hybridized carbons (Fsp3) is 0.214. The second kappa shape index (κ2) is 6.11. The van der Waals surface area contributed by atoms with E-state index in [4.69, 9.17) is 0 Å². The van der Waals surface area contributed by atoms with Gasteiger partial charge in [-0.25, -0.2) is 4.39 Å². The van der Waals surface area contributed by atoms with Crippen LogP contribution in [-0.2, 0) is 12.6 Å². The van der Waals surface area contributed by atoms with E-state index in [-0.39, 0.29) is 12.0 Å². The standard InChI is InChI=1S/C14H10BrF4NO/c15-11-1-8(6-20-7-11)2-13(21)9-3-10(14(17,18)19)5-12(16)4-9/h1,3-7,13,21H,2H2. The Morgan fingerprint density at radius 3 is 2.48 bits per heavy atom. The van der Waals surface area contributed by atoms with E-state index in [9.17, 15) is 22.7 Å². The molecular weight excluding hydrogens is 354 g/mol. The van der Waals surface area contributed by atoms with E-state index in [2.05, 4.69) is 20.9 Å². The van der Waals surface area contributed by atoms with Crippen molar-refractivity contribution >= 4 is 15.9 Å². The van der Waals surface area contributed by atoms with Gasteiger partial charge in [-0.3, -0.25) is 4.98 Å². The lowest BCUT2D eigenvalue weighted by Gasteiger charge is -2.14. The van der Waals surface area contributed by atoms with Gasteiger partial charge < -0.3 is 5.11 Å². The summed E-state index contributed by atoms with van der Waals surface area (Å²) in [6.07, 6.45) is -2.85. The number of aromatic nitrogens is 1. The molecule has 0 bridgehead atoms. The summed E-state index contributed by atoms with van der Waals surface area (Å²) in [5, 5.41) is 10.0. The highest BCUT2D eigenvalue weighted by Gasteiger charge is 2.31. The Morgan fingerprint density at radius 1 is 1.14 bits per heavy atom. The Labute approximate surface area is 126 Å². The number of aliphatic hydroxyl groups is 1. The predicted molar refractivity (Wildman–Crippen MR) is 72.0 cm³/mol. The van der Waals surface area contributed by atoms with Crippen LogP contribution in [0.3, 0.4) is 0 Å². The molecular formula is C14H10BrF4NO. The smallest absolute Gasteiger partial charge is 0.388 e. The Kier molecular flexibility index (Phi) is 4.63. The average Bonchev–Trinajstić information content (AvgIpc) is 2.37. The van der Waals surface area contributed by atoms with E-state index >= 15 is 0 Å². The summed E-state index contributed by atoms with van der Waals surface area (Å²) in [6.45, 7) is 0. The van der Waals surface area contributed by atoms with Crippen LogP contribution in [-0.4, -0.2) is 10.1 Å². The SMILES string of the molecule is OC(Cc1cncc(Br)c1)c1cc(F)cc(C(F)(F)F)c1. The summed E-state index contributed by atoms with van der Waals surface area (Å²) >= 11 is 3.20. The fourth-order valence-corrected chi connectivity index (χ4v) is 2.29. The molecule has 1 atom stereocenters. The molecule has 0 aliphatic carbocycles. The molecule has 7 heteroatoms. The van der Waals surface area contributed by atoms with Gasteiger partial charge in [0.2, 0.25) is 0 Å². The average molecular weight is 364 g/mol. The van der Waals surface area contributed by atoms with Crippen LogP contribution in [0, 0.1) is 5.82 Å². The maximum absolute atomic E-state index is 13.3. The van der Waals surface area contributed by atoms with Gasteiger partial charge in [-0.15, -0.1) is 0 Å². The number of hydrogen-bond donors (Lipinski definition) is 1. The first-order chi connectivity index (χ1) is 9.75. The zero-order valence-electron chi connectivity index (χ0n) is 10.5. The van der Waals surface area contributed by atoms with Gasteiger partial charge >= 0.3 is 6.18 Å². The molecule has 1 heterocycles. The Balaban J connectivity index is 2.27. The maximum Gasteiger partial charge on any atom is 0.416 e. The molecule has 0 radical (unpaired) electrons. The minimum atomic E-state index is -4.66. The largest absolute Gasteiger partial charge is 0.416 e. The first kappa shape index (κ1) is 15.9. The van der Waals surface area contributed by atoms with E-state index in [1.807, 2.05) is 0 Å². The van der Waals surface area contributed by atoms with Crippen LogP contribution in [0.5, 0.6) is 0 Å². The van der Waals surface area contributed by atoms with Crippen molar-refractivity contribution in [3.05, 3.63) is 63.6 Å². The van der Waals surface area contributed by atoms with Crippen molar-refractivity contribution < 1.29 is 22.7 Å².